The van der Waals surface area contributed by atoms with Crippen LogP contribution in [0.15, 0.2) is 195 Å². The molecule has 0 unspecified atom stereocenters. The number of hydrogen-bond donors (Lipinski definition) is 0. The van der Waals surface area contributed by atoms with Crippen molar-refractivity contribution in [2.45, 2.75) is 11.0 Å². The molecule has 10 aromatic rings. The zero-order valence-corrected chi connectivity index (χ0v) is 40.0. The van der Waals surface area contributed by atoms with Crippen LogP contribution in [0.3, 0.4) is 0 Å². The van der Waals surface area contributed by atoms with Crippen molar-refractivity contribution >= 4 is 63.8 Å². The molecule has 0 saturated heterocycles. The van der Waals surface area contributed by atoms with Crippen LogP contribution in [0.25, 0.3) is 88.1 Å². The normalized spacial score (nSPS) is 11.4. The monoisotopic (exact) mass is 1180 g/mol. The number of aromatic nitrogens is 4. The maximum absolute atomic E-state index is 10.7. The fourth-order valence-electron chi connectivity index (χ4n) is 7.13. The first-order valence-electron chi connectivity index (χ1n) is 19.9. The zero-order valence-electron chi connectivity index (χ0n) is 35.4. The summed E-state index contributed by atoms with van der Waals surface area (Å²) in [5.74, 6) is 0. The van der Waals surface area contributed by atoms with E-state index in [0.29, 0.717) is 0 Å². The predicted octanol–water partition coefficient (Wildman–Crippen LogP) is 12.3. The first-order valence-corrected chi connectivity index (χ1v) is 22.7. The number of nitrogens with zero attached hydrogens (tertiary/aromatic N) is 4. The number of fused-ring (bicyclic) bond motifs is 6. The second-order valence-corrected chi connectivity index (χ2v) is 17.2. The molecule has 0 aliphatic heterocycles. The third-order valence-electron chi connectivity index (χ3n) is 10.1. The third-order valence-corrected chi connectivity index (χ3v) is 11.3. The average Bonchev–Trinajstić information content (AvgIpc) is 3.33. The van der Waals surface area contributed by atoms with Crippen molar-refractivity contribution in [3.63, 3.8) is 0 Å². The quantitative estimate of drug-likeness (QED) is 0.0544. The van der Waals surface area contributed by atoms with E-state index in [9.17, 15) is 26.3 Å². The van der Waals surface area contributed by atoms with Crippen molar-refractivity contribution in [2.24, 2.45) is 0 Å². The summed E-state index contributed by atoms with van der Waals surface area (Å²) in [6.45, 7) is 0. The maximum atomic E-state index is 10.7. The molecule has 0 radical (unpaired) electrons. The summed E-state index contributed by atoms with van der Waals surface area (Å²) in [4.78, 5) is 18.7. The van der Waals surface area contributed by atoms with Gasteiger partial charge in [0.15, 0.2) is 20.2 Å². The second kappa shape index (κ2) is 23.2. The van der Waals surface area contributed by atoms with Crippen LogP contribution >= 0.6 is 0 Å². The van der Waals surface area contributed by atoms with Gasteiger partial charge in [-0.1, -0.05) is 146 Å². The molecule has 364 valence electrons. The van der Waals surface area contributed by atoms with Crippen LogP contribution in [-0.2, 0) is 65.0 Å². The average molecular weight is 1180 g/mol. The summed E-state index contributed by atoms with van der Waals surface area (Å²) >= 11 is 0. The number of hydrogen-bond acceptors (Lipinski definition) is 10. The van der Waals surface area contributed by atoms with Gasteiger partial charge in [0.05, 0.1) is 22.1 Å². The summed E-state index contributed by atoms with van der Waals surface area (Å²) in [7, 11) is -12.2. The van der Waals surface area contributed by atoms with Gasteiger partial charge < -0.3 is 9.11 Å². The molecule has 20 heteroatoms. The molecule has 0 bridgehead atoms. The molecule has 0 saturated carbocycles. The number of benzene rings is 6. The predicted molar refractivity (Wildman–Crippen MR) is 247 cm³/mol. The molecule has 0 spiro atoms. The van der Waals surface area contributed by atoms with Crippen molar-refractivity contribution in [2.75, 3.05) is 0 Å². The van der Waals surface area contributed by atoms with Gasteiger partial charge in [-0.15, -0.1) is 0 Å². The number of alkyl halides is 6. The Morgan fingerprint density at radius 3 is 0.643 bits per heavy atom. The van der Waals surface area contributed by atoms with Gasteiger partial charge in [-0.2, -0.15) is 26.3 Å². The molecular weight excluding hydrogens is 1150 g/mol. The fraction of sp³-hybridized carbons (Fsp3) is 0.0400. The zero-order chi connectivity index (χ0) is 48.7. The molecule has 0 aliphatic carbocycles. The molecule has 0 fully saturated rings. The van der Waals surface area contributed by atoms with E-state index in [-0.39, 0.29) is 44.8 Å². The Bertz CT molecular complexity index is 3170. The van der Waals surface area contributed by atoms with Gasteiger partial charge >= 0.3 is 55.8 Å². The molecule has 10 nitrogen and oxygen atoms in total. The van der Waals surface area contributed by atoms with Crippen LogP contribution in [0.4, 0.5) is 26.3 Å². The Labute approximate surface area is 428 Å². The summed E-state index contributed by atoms with van der Waals surface area (Å²) in [6, 6.07) is 58.7. The molecule has 4 heterocycles. The molecule has 4 aromatic heterocycles. The van der Waals surface area contributed by atoms with E-state index in [1.165, 1.54) is 44.5 Å². The van der Waals surface area contributed by atoms with E-state index in [0.717, 1.165) is 43.6 Å². The van der Waals surface area contributed by atoms with E-state index in [2.05, 4.69) is 166 Å². The molecule has 0 atom stereocenters. The van der Waals surface area contributed by atoms with Gasteiger partial charge in [0.2, 0.25) is 0 Å². The minimum Gasteiger partial charge on any atom is -0.741 e. The second-order valence-electron chi connectivity index (χ2n) is 14.4. The van der Waals surface area contributed by atoms with Crippen molar-refractivity contribution in [1.29, 1.82) is 0 Å². The van der Waals surface area contributed by atoms with Gasteiger partial charge in [0.25, 0.3) is 0 Å². The summed E-state index contributed by atoms with van der Waals surface area (Å²) in [6.07, 6.45) is 7.50. The van der Waals surface area contributed by atoms with Crippen molar-refractivity contribution < 1.29 is 97.0 Å². The van der Waals surface area contributed by atoms with E-state index >= 15 is 0 Å². The Balaban J connectivity index is 0.000000196. The van der Waals surface area contributed by atoms with Crippen LogP contribution in [-0.4, -0.2) is 56.9 Å². The Morgan fingerprint density at radius 1 is 0.314 bits per heavy atom. The molecule has 0 amide bonds. The van der Waals surface area contributed by atoms with Crippen LogP contribution in [0.2, 0.25) is 0 Å². The fourth-order valence-corrected chi connectivity index (χ4v) is 7.13. The molecule has 0 aliphatic rings. The van der Waals surface area contributed by atoms with Crippen LogP contribution in [0.5, 0.6) is 0 Å². The van der Waals surface area contributed by atoms with Gasteiger partial charge in [0, 0.05) is 46.3 Å². The van der Waals surface area contributed by atoms with Crippen LogP contribution in [0, 0.1) is 0 Å². The smallest absolute Gasteiger partial charge is 0.741 e. The first kappa shape index (κ1) is 54.8. The first-order chi connectivity index (χ1) is 32.3. The minimum atomic E-state index is -6.09. The number of rotatable bonds is 4. The number of pyridine rings is 4. The van der Waals surface area contributed by atoms with Gasteiger partial charge in [-0.05, 0) is 68.8 Å². The van der Waals surface area contributed by atoms with Crippen molar-refractivity contribution in [3.8, 4) is 44.5 Å². The molecule has 0 N–H and O–H groups in total. The van der Waals surface area contributed by atoms with E-state index in [1.807, 2.05) is 49.1 Å². The SMILES string of the molecule is O=S(=O)([O-])C(F)(F)F.O=S(=O)([O-])C(F)(F)F.[Ag+].[Ag+].c1ccc(-c2ccnc3c2ccc2c(-c4ccccc4)ccnc23)cc1.c1ccc(-c2ccnc3c2ccc2c(-c4ccccc4)ccnc23)cc1. The molecule has 10 rings (SSSR count). The van der Waals surface area contributed by atoms with Crippen molar-refractivity contribution in [3.05, 3.63) is 195 Å². The Hall–Kier alpha value is -6.16. The molecule has 6 aromatic carbocycles. The van der Waals surface area contributed by atoms with Gasteiger partial charge in [-0.3, -0.25) is 19.9 Å². The minimum absolute atomic E-state index is 0. The van der Waals surface area contributed by atoms with Crippen LogP contribution in [0.1, 0.15) is 0 Å². The summed E-state index contributed by atoms with van der Waals surface area (Å²) in [5, 5.41) is 4.51. The largest absolute Gasteiger partial charge is 1.00 e. The topological polar surface area (TPSA) is 166 Å². The molecular formula is C50H32Ag2F6N4O6S2. The van der Waals surface area contributed by atoms with E-state index in [1.54, 1.807) is 0 Å². The van der Waals surface area contributed by atoms with Gasteiger partial charge in [0.1, 0.15) is 0 Å². The summed E-state index contributed by atoms with van der Waals surface area (Å²) in [5.41, 5.74) is 2.00. The van der Waals surface area contributed by atoms with E-state index in [4.69, 9.17) is 25.9 Å². The Kier molecular flexibility index (Phi) is 18.1. The van der Waals surface area contributed by atoms with Gasteiger partial charge in [-0.25, -0.2) is 16.8 Å². The van der Waals surface area contributed by atoms with Crippen LogP contribution < -0.4 is 0 Å². The standard InChI is InChI=1S/2C24H16N2.2CHF3O3S.2Ag/c2*1-3-7-17(8-4-1)19-13-15-25-23-21(19)11-12-22-20(14-16-26-24(22)23)18-9-5-2-6-10-18;2*2-1(3,4)8(5,6)7;;/h2*1-16H;2*(H,5,6,7);;/q;;;;2*+1/p-2. The molecule has 70 heavy (non-hydrogen) atoms. The van der Waals surface area contributed by atoms with E-state index < -0.39 is 31.3 Å². The van der Waals surface area contributed by atoms with Crippen molar-refractivity contribution in [1.82, 2.24) is 19.9 Å². The Morgan fingerprint density at radius 2 is 0.486 bits per heavy atom. The number of halogens is 6. The summed E-state index contributed by atoms with van der Waals surface area (Å²) < 4.78 is 118. The maximum Gasteiger partial charge on any atom is 1.00 e. The third kappa shape index (κ3) is 12.8.